The van der Waals surface area contributed by atoms with Crippen LogP contribution in [0, 0.1) is 0 Å². The maximum absolute atomic E-state index is 11.6. The van der Waals surface area contributed by atoms with Crippen LogP contribution in [0.4, 0.5) is 11.8 Å². The van der Waals surface area contributed by atoms with Gasteiger partial charge in [-0.05, 0) is 12.1 Å². The van der Waals surface area contributed by atoms with Gasteiger partial charge in [-0.15, -0.1) is 11.8 Å². The summed E-state index contributed by atoms with van der Waals surface area (Å²) in [5.74, 6) is 7.41. The fraction of sp³-hybridized carbons (Fsp3) is 0.360. The number of fused-ring (bicyclic) bond motifs is 1. The van der Waals surface area contributed by atoms with Crippen molar-refractivity contribution in [1.29, 1.82) is 0 Å². The molecule has 39 heavy (non-hydrogen) atoms. The molecule has 0 radical (unpaired) electrons. The van der Waals surface area contributed by atoms with E-state index in [1.54, 1.807) is 11.8 Å². The van der Waals surface area contributed by atoms with Gasteiger partial charge >= 0.3 is 5.97 Å². The summed E-state index contributed by atoms with van der Waals surface area (Å²) in [5.41, 5.74) is 2.48. The third kappa shape index (κ3) is 5.78. The molecule has 0 aliphatic carbocycles. The summed E-state index contributed by atoms with van der Waals surface area (Å²) in [6.07, 6.45) is 2.73. The summed E-state index contributed by atoms with van der Waals surface area (Å²) in [6.45, 7) is 3.17. The smallest absolute Gasteiger partial charge is 0.359 e. The molecule has 1 aliphatic rings. The fourth-order valence-electron chi connectivity index (χ4n) is 4.20. The van der Waals surface area contributed by atoms with Crippen molar-refractivity contribution in [2.45, 2.75) is 11.4 Å². The average molecular weight is 552 g/mol. The minimum atomic E-state index is -0.705. The number of nitrogens with zero attached hydrogens (tertiary/aromatic N) is 8. The number of anilines is 2. The minimum absolute atomic E-state index is 0.132. The lowest BCUT2D eigenvalue weighted by Gasteiger charge is -2.28. The monoisotopic (exact) mass is 551 g/mol. The highest BCUT2D eigenvalue weighted by molar-refractivity contribution is 7.99. The molecule has 5 rings (SSSR count). The van der Waals surface area contributed by atoms with E-state index in [4.69, 9.17) is 30.7 Å². The molecule has 1 aromatic carbocycles. The van der Waals surface area contributed by atoms with Gasteiger partial charge in [-0.25, -0.2) is 29.7 Å². The second-order valence-electron chi connectivity index (χ2n) is 8.86. The van der Waals surface area contributed by atoms with Crippen molar-refractivity contribution < 1.29 is 19.5 Å². The van der Waals surface area contributed by atoms with E-state index in [1.165, 1.54) is 12.4 Å². The molecule has 0 saturated carbocycles. The van der Waals surface area contributed by atoms with E-state index < -0.39 is 5.97 Å². The number of carbonyl (C=O) groups excluding carboxylic acids is 1. The first-order chi connectivity index (χ1) is 19.0. The zero-order chi connectivity index (χ0) is 27.4. The number of aryl methyl sites for hydroxylation is 1. The number of carbonyl (C=O) groups is 1. The molecule has 1 aliphatic heterocycles. The number of benzene rings is 1. The Morgan fingerprint density at radius 3 is 2.54 bits per heavy atom. The Bertz CT molecular complexity index is 1440. The van der Waals surface area contributed by atoms with E-state index in [-0.39, 0.29) is 12.2 Å². The van der Waals surface area contributed by atoms with Crippen molar-refractivity contribution in [2.75, 3.05) is 55.5 Å². The highest BCUT2D eigenvalue weighted by Crippen LogP contribution is 2.30. The second kappa shape index (κ2) is 11.9. The number of imidazole rings is 1. The molecule has 0 spiro atoms. The van der Waals surface area contributed by atoms with E-state index in [9.17, 15) is 4.79 Å². The number of morpholine rings is 1. The van der Waals surface area contributed by atoms with Crippen molar-refractivity contribution in [3.05, 3.63) is 48.0 Å². The number of aromatic nitrogens is 6. The van der Waals surface area contributed by atoms with Crippen molar-refractivity contribution >= 4 is 40.7 Å². The predicted molar refractivity (Wildman–Crippen MR) is 146 cm³/mol. The van der Waals surface area contributed by atoms with Gasteiger partial charge in [-0.1, -0.05) is 12.1 Å². The van der Waals surface area contributed by atoms with Crippen LogP contribution in [0.3, 0.4) is 0 Å². The van der Waals surface area contributed by atoms with Crippen molar-refractivity contribution in [3.63, 3.8) is 0 Å². The Kier molecular flexibility index (Phi) is 8.16. The molecular formula is C25H29N9O4S. The van der Waals surface area contributed by atoms with Gasteiger partial charge in [0.2, 0.25) is 5.95 Å². The third-order valence-corrected chi connectivity index (χ3v) is 7.27. The minimum Gasteiger partial charge on any atom is -0.396 e. The van der Waals surface area contributed by atoms with E-state index >= 15 is 0 Å². The van der Waals surface area contributed by atoms with Crippen LogP contribution >= 0.6 is 11.8 Å². The number of hydrogen-bond acceptors (Lipinski definition) is 13. The van der Waals surface area contributed by atoms with Crippen molar-refractivity contribution in [2.24, 2.45) is 12.9 Å². The topological polar surface area (TPSA) is 158 Å². The normalized spacial score (nSPS) is 13.6. The number of thioether (sulfide) groups is 1. The Balaban J connectivity index is 1.49. The van der Waals surface area contributed by atoms with Crippen molar-refractivity contribution in [1.82, 2.24) is 29.5 Å². The molecular weight excluding hydrogens is 522 g/mol. The van der Waals surface area contributed by atoms with Crippen LogP contribution in [0.25, 0.3) is 22.6 Å². The molecule has 1 fully saturated rings. The van der Waals surface area contributed by atoms with Gasteiger partial charge in [0.15, 0.2) is 22.8 Å². The summed E-state index contributed by atoms with van der Waals surface area (Å²) in [4.78, 5) is 44.2. The summed E-state index contributed by atoms with van der Waals surface area (Å²) in [5, 5.41) is 9.11. The maximum atomic E-state index is 11.6. The van der Waals surface area contributed by atoms with Gasteiger partial charge in [0.05, 0.1) is 31.9 Å². The SMILES string of the molecule is CN(Cc1nc2c(N3CCOCC3)nc(-c3ccc(SCCO)cc3)nc2n1C)c1ncc(C(=O)ON)cn1. The third-order valence-electron chi connectivity index (χ3n) is 6.28. The first kappa shape index (κ1) is 26.7. The van der Waals surface area contributed by atoms with Gasteiger partial charge < -0.3 is 29.0 Å². The second-order valence-corrected chi connectivity index (χ2v) is 10.0. The maximum Gasteiger partial charge on any atom is 0.359 e. The largest absolute Gasteiger partial charge is 0.396 e. The molecule has 13 nitrogen and oxygen atoms in total. The van der Waals surface area contributed by atoms with E-state index in [0.29, 0.717) is 61.5 Å². The summed E-state index contributed by atoms with van der Waals surface area (Å²) in [6, 6.07) is 8.02. The van der Waals surface area contributed by atoms with Gasteiger partial charge in [-0.2, -0.15) is 5.90 Å². The quantitative estimate of drug-likeness (QED) is 0.227. The molecule has 0 atom stereocenters. The van der Waals surface area contributed by atoms with Crippen LogP contribution < -0.4 is 15.7 Å². The number of aliphatic hydroxyl groups is 1. The average Bonchev–Trinajstić information content (AvgIpc) is 3.30. The van der Waals surface area contributed by atoms with Gasteiger partial charge in [0.25, 0.3) is 0 Å². The summed E-state index contributed by atoms with van der Waals surface area (Å²) in [7, 11) is 3.76. The number of nitrogens with two attached hydrogens (primary N) is 1. The molecule has 3 N–H and O–H groups in total. The molecule has 14 heteroatoms. The zero-order valence-electron chi connectivity index (χ0n) is 21.6. The number of hydrogen-bond donors (Lipinski definition) is 2. The first-order valence-corrected chi connectivity index (χ1v) is 13.3. The lowest BCUT2D eigenvalue weighted by Crippen LogP contribution is -2.37. The van der Waals surface area contributed by atoms with Crippen LogP contribution in [0.5, 0.6) is 0 Å². The Morgan fingerprint density at radius 2 is 1.87 bits per heavy atom. The van der Waals surface area contributed by atoms with Gasteiger partial charge in [-0.3, -0.25) is 0 Å². The first-order valence-electron chi connectivity index (χ1n) is 12.3. The molecule has 3 aromatic heterocycles. The Morgan fingerprint density at radius 1 is 1.15 bits per heavy atom. The molecule has 4 aromatic rings. The Labute approximate surface area is 229 Å². The molecule has 204 valence electrons. The fourth-order valence-corrected chi connectivity index (χ4v) is 4.85. The highest BCUT2D eigenvalue weighted by Gasteiger charge is 2.23. The summed E-state index contributed by atoms with van der Waals surface area (Å²) < 4.78 is 7.52. The van der Waals surface area contributed by atoms with Crippen LogP contribution in [-0.2, 0) is 23.2 Å². The molecule has 0 unspecified atom stereocenters. The van der Waals surface area contributed by atoms with Crippen LogP contribution in [0.15, 0.2) is 41.6 Å². The van der Waals surface area contributed by atoms with E-state index in [0.717, 1.165) is 22.1 Å². The van der Waals surface area contributed by atoms with Crippen molar-refractivity contribution in [3.8, 4) is 11.4 Å². The molecule has 0 amide bonds. The standard InChI is InChI=1S/C25H29N9O4S/c1-32(25-27-13-17(14-28-25)24(36)38-26)15-19-29-20-22(33(19)2)30-21(31-23(20)34-7-10-37-11-8-34)16-3-5-18(6-4-16)39-12-9-35/h3-6,13-14,35H,7-12,15,26H2,1-2H3. The van der Waals surface area contributed by atoms with E-state index in [2.05, 4.69) is 19.7 Å². The van der Waals surface area contributed by atoms with Crippen LogP contribution in [0.2, 0.25) is 0 Å². The number of ether oxygens (including phenoxy) is 1. The lowest BCUT2D eigenvalue weighted by atomic mass is 10.2. The van der Waals surface area contributed by atoms with Gasteiger partial charge in [0, 0.05) is 55.8 Å². The Hall–Kier alpha value is -3.85. The predicted octanol–water partition coefficient (Wildman–Crippen LogP) is 1.41. The molecule has 0 bridgehead atoms. The highest BCUT2D eigenvalue weighted by atomic mass is 32.2. The lowest BCUT2D eigenvalue weighted by molar-refractivity contribution is 0.0502. The molecule has 4 heterocycles. The summed E-state index contributed by atoms with van der Waals surface area (Å²) >= 11 is 1.60. The zero-order valence-corrected chi connectivity index (χ0v) is 22.5. The number of aliphatic hydroxyl groups excluding tert-OH is 1. The van der Waals surface area contributed by atoms with Crippen LogP contribution in [0.1, 0.15) is 16.2 Å². The number of rotatable bonds is 9. The molecule has 1 saturated heterocycles. The van der Waals surface area contributed by atoms with Crippen LogP contribution in [-0.4, -0.2) is 86.3 Å². The van der Waals surface area contributed by atoms with E-state index in [1.807, 2.05) is 47.8 Å². The van der Waals surface area contributed by atoms with Gasteiger partial charge in [0.1, 0.15) is 5.82 Å².